The van der Waals surface area contributed by atoms with E-state index in [1.807, 2.05) is 48.5 Å². The van der Waals surface area contributed by atoms with E-state index in [0.717, 1.165) is 9.79 Å². The predicted molar refractivity (Wildman–Crippen MR) is 129 cm³/mol. The van der Waals surface area contributed by atoms with Crippen LogP contribution in [0.4, 0.5) is 11.4 Å². The first-order chi connectivity index (χ1) is 16.6. The zero-order chi connectivity index (χ0) is 23.8. The van der Waals surface area contributed by atoms with Crippen molar-refractivity contribution in [3.05, 3.63) is 109 Å². The molecule has 4 rings (SSSR count). The van der Waals surface area contributed by atoms with Crippen LogP contribution in [0.3, 0.4) is 0 Å². The Hall–Kier alpha value is -4.30. The fourth-order valence-electron chi connectivity index (χ4n) is 3.03. The molecule has 1 aromatic heterocycles. The summed E-state index contributed by atoms with van der Waals surface area (Å²) in [4.78, 5) is 39.3. The fraction of sp³-hybridized carbons (Fsp3) is 0.0385. The molecule has 0 radical (unpaired) electrons. The summed E-state index contributed by atoms with van der Waals surface area (Å²) in [6.07, 6.45) is 1.38. The molecule has 0 spiro atoms. The van der Waals surface area contributed by atoms with Crippen molar-refractivity contribution in [2.45, 2.75) is 9.79 Å². The normalized spacial score (nSPS) is 10.4. The van der Waals surface area contributed by atoms with E-state index in [0.29, 0.717) is 5.69 Å². The van der Waals surface area contributed by atoms with Gasteiger partial charge in [-0.2, -0.15) is 0 Å². The Morgan fingerprint density at radius 3 is 2.24 bits per heavy atom. The molecule has 0 aliphatic heterocycles. The lowest BCUT2D eigenvalue weighted by molar-refractivity contribution is -0.119. The highest BCUT2D eigenvalue weighted by Crippen LogP contribution is 2.33. The maximum atomic E-state index is 12.6. The number of hydrogen-bond acceptors (Lipinski definition) is 6. The lowest BCUT2D eigenvalue weighted by Crippen LogP contribution is -2.22. The van der Waals surface area contributed by atoms with Crippen LogP contribution >= 0.6 is 11.8 Å². The molecule has 8 heteroatoms. The van der Waals surface area contributed by atoms with Crippen molar-refractivity contribution < 1.29 is 23.5 Å². The first-order valence-corrected chi connectivity index (χ1v) is 11.1. The molecule has 170 valence electrons. The van der Waals surface area contributed by atoms with Gasteiger partial charge in [0.2, 0.25) is 0 Å². The molecular formula is C26H20N2O5S. The van der Waals surface area contributed by atoms with E-state index in [1.165, 1.54) is 30.2 Å². The number of amides is 2. The number of carbonyl (C=O) groups excluding carboxylic acids is 3. The fourth-order valence-corrected chi connectivity index (χ4v) is 3.95. The van der Waals surface area contributed by atoms with Gasteiger partial charge in [-0.05, 0) is 48.5 Å². The van der Waals surface area contributed by atoms with Crippen LogP contribution in [0.25, 0.3) is 0 Å². The highest BCUT2D eigenvalue weighted by atomic mass is 32.2. The van der Waals surface area contributed by atoms with Crippen molar-refractivity contribution in [1.29, 1.82) is 0 Å². The second-order valence-electron chi connectivity index (χ2n) is 7.01. The lowest BCUT2D eigenvalue weighted by atomic mass is 10.1. The van der Waals surface area contributed by atoms with E-state index in [-0.39, 0.29) is 17.0 Å². The van der Waals surface area contributed by atoms with E-state index in [9.17, 15) is 14.4 Å². The molecule has 3 aromatic carbocycles. The largest absolute Gasteiger partial charge is 0.459 e. The van der Waals surface area contributed by atoms with Crippen LogP contribution in [-0.2, 0) is 9.53 Å². The van der Waals surface area contributed by atoms with Gasteiger partial charge in [-0.3, -0.25) is 9.59 Å². The average Bonchev–Trinajstić information content (AvgIpc) is 3.40. The van der Waals surface area contributed by atoms with E-state index in [4.69, 9.17) is 9.15 Å². The number of rotatable bonds is 8. The molecule has 0 aliphatic carbocycles. The van der Waals surface area contributed by atoms with Gasteiger partial charge in [0.25, 0.3) is 11.8 Å². The van der Waals surface area contributed by atoms with Gasteiger partial charge in [0.1, 0.15) is 0 Å². The first-order valence-electron chi connectivity index (χ1n) is 10.3. The summed E-state index contributed by atoms with van der Waals surface area (Å²) in [5, 5.41) is 5.40. The molecule has 0 unspecified atom stereocenters. The highest BCUT2D eigenvalue weighted by Gasteiger charge is 2.18. The van der Waals surface area contributed by atoms with Crippen molar-refractivity contribution in [2.24, 2.45) is 0 Å². The topological polar surface area (TPSA) is 97.6 Å². The van der Waals surface area contributed by atoms with Crippen molar-refractivity contribution in [3.8, 4) is 0 Å². The SMILES string of the molecule is O=C(COC(=O)c1ccccc1NC(=O)c1ccco1)Nc1ccccc1Sc1ccccc1. The van der Waals surface area contributed by atoms with Gasteiger partial charge in [-0.15, -0.1) is 0 Å². The molecular weight excluding hydrogens is 452 g/mol. The maximum Gasteiger partial charge on any atom is 0.340 e. The van der Waals surface area contributed by atoms with Crippen molar-refractivity contribution >= 4 is 40.9 Å². The van der Waals surface area contributed by atoms with Crippen LogP contribution in [0.2, 0.25) is 0 Å². The summed E-state index contributed by atoms with van der Waals surface area (Å²) >= 11 is 1.51. The number of carbonyl (C=O) groups is 3. The van der Waals surface area contributed by atoms with Crippen molar-refractivity contribution in [2.75, 3.05) is 17.2 Å². The Bertz CT molecular complexity index is 1290. The smallest absolute Gasteiger partial charge is 0.340 e. The minimum atomic E-state index is -0.738. The molecule has 34 heavy (non-hydrogen) atoms. The second kappa shape index (κ2) is 11.0. The molecule has 0 saturated heterocycles. The van der Waals surface area contributed by atoms with E-state index < -0.39 is 24.4 Å². The third-order valence-electron chi connectivity index (χ3n) is 4.61. The summed E-state index contributed by atoms with van der Waals surface area (Å²) in [5.74, 6) is -1.62. The summed E-state index contributed by atoms with van der Waals surface area (Å²) in [6.45, 7) is -0.483. The number of nitrogens with one attached hydrogen (secondary N) is 2. The monoisotopic (exact) mass is 472 g/mol. The molecule has 4 aromatic rings. The number of furan rings is 1. The first kappa shape index (κ1) is 22.9. The minimum Gasteiger partial charge on any atom is -0.459 e. The summed E-state index contributed by atoms with van der Waals surface area (Å²) in [5.41, 5.74) is 0.984. The number of anilines is 2. The lowest BCUT2D eigenvalue weighted by Gasteiger charge is -2.12. The Morgan fingerprint density at radius 1 is 0.765 bits per heavy atom. The summed E-state index contributed by atoms with van der Waals surface area (Å²) < 4.78 is 10.3. The second-order valence-corrected chi connectivity index (χ2v) is 8.13. The summed E-state index contributed by atoms with van der Waals surface area (Å²) in [7, 11) is 0. The molecule has 0 bridgehead atoms. The van der Waals surface area contributed by atoms with Crippen LogP contribution in [0, 0.1) is 0 Å². The van der Waals surface area contributed by atoms with E-state index >= 15 is 0 Å². The minimum absolute atomic E-state index is 0.106. The Balaban J connectivity index is 1.37. The number of para-hydroxylation sites is 2. The van der Waals surface area contributed by atoms with Crippen LogP contribution < -0.4 is 10.6 Å². The zero-order valence-corrected chi connectivity index (χ0v) is 18.7. The molecule has 0 atom stereocenters. The van der Waals surface area contributed by atoms with E-state index in [2.05, 4.69) is 10.6 Å². The maximum absolute atomic E-state index is 12.6. The van der Waals surface area contributed by atoms with Gasteiger partial charge >= 0.3 is 5.97 Å². The Morgan fingerprint density at radius 2 is 1.47 bits per heavy atom. The van der Waals surface area contributed by atoms with Gasteiger partial charge < -0.3 is 19.8 Å². The van der Waals surface area contributed by atoms with Crippen LogP contribution in [0.15, 0.2) is 111 Å². The van der Waals surface area contributed by atoms with Crippen LogP contribution in [0.5, 0.6) is 0 Å². The molecule has 0 aliphatic rings. The van der Waals surface area contributed by atoms with E-state index in [1.54, 1.807) is 30.3 Å². The van der Waals surface area contributed by atoms with Gasteiger partial charge in [0.15, 0.2) is 12.4 Å². The zero-order valence-electron chi connectivity index (χ0n) is 17.9. The molecule has 7 nitrogen and oxygen atoms in total. The van der Waals surface area contributed by atoms with Crippen LogP contribution in [-0.4, -0.2) is 24.4 Å². The highest BCUT2D eigenvalue weighted by molar-refractivity contribution is 7.99. The Labute approximate surface area is 200 Å². The average molecular weight is 473 g/mol. The van der Waals surface area contributed by atoms with Gasteiger partial charge in [0.05, 0.1) is 23.2 Å². The predicted octanol–water partition coefficient (Wildman–Crippen LogP) is 5.48. The Kier molecular flexibility index (Phi) is 7.42. The molecule has 1 heterocycles. The molecule has 2 N–H and O–H groups in total. The standard InChI is InChI=1S/C26H20N2O5S/c29-24(27-21-13-6-7-15-23(21)34-18-9-2-1-3-10-18)17-33-26(31)19-11-4-5-12-20(19)28-25(30)22-14-8-16-32-22/h1-16H,17H2,(H,27,29)(H,28,30). The van der Waals surface area contributed by atoms with Crippen molar-refractivity contribution in [3.63, 3.8) is 0 Å². The number of ether oxygens (including phenoxy) is 1. The summed E-state index contributed by atoms with van der Waals surface area (Å²) in [6, 6.07) is 26.6. The number of benzene rings is 3. The molecule has 2 amide bonds. The number of esters is 1. The third kappa shape index (κ3) is 5.93. The van der Waals surface area contributed by atoms with Crippen LogP contribution in [0.1, 0.15) is 20.9 Å². The van der Waals surface area contributed by atoms with Gasteiger partial charge in [0, 0.05) is 9.79 Å². The quantitative estimate of drug-likeness (QED) is 0.330. The number of hydrogen-bond donors (Lipinski definition) is 2. The molecule has 0 saturated carbocycles. The molecule has 0 fully saturated rings. The van der Waals surface area contributed by atoms with Gasteiger partial charge in [-0.1, -0.05) is 54.2 Å². The van der Waals surface area contributed by atoms with Crippen molar-refractivity contribution in [1.82, 2.24) is 0 Å². The van der Waals surface area contributed by atoms with Gasteiger partial charge in [-0.25, -0.2) is 4.79 Å². The third-order valence-corrected chi connectivity index (χ3v) is 5.69.